The first-order valence-corrected chi connectivity index (χ1v) is 5.90. The first kappa shape index (κ1) is 13.8. The highest BCUT2D eigenvalue weighted by molar-refractivity contribution is 5.42. The van der Waals surface area contributed by atoms with Crippen LogP contribution in [0.1, 0.15) is 12.0 Å². The van der Waals surface area contributed by atoms with Crippen molar-refractivity contribution in [3.8, 4) is 11.5 Å². The lowest BCUT2D eigenvalue weighted by molar-refractivity contribution is 0.342. The molecule has 0 aliphatic rings. The fraction of sp³-hybridized carbons (Fsp3) is 0.500. The molecule has 0 atom stereocenters. The number of rotatable bonds is 7. The zero-order chi connectivity index (χ0) is 12.7. The molecule has 0 saturated carbocycles. The summed E-state index contributed by atoms with van der Waals surface area (Å²) in [5.74, 6) is 1.58. The molecule has 3 nitrogen and oxygen atoms in total. The third-order valence-corrected chi connectivity index (χ3v) is 2.77. The minimum Gasteiger partial charge on any atom is -0.493 e. The van der Waals surface area contributed by atoms with Crippen LogP contribution in [0.2, 0.25) is 0 Å². The summed E-state index contributed by atoms with van der Waals surface area (Å²) in [6, 6.07) is 6.08. The van der Waals surface area contributed by atoms with Crippen molar-refractivity contribution in [3.05, 3.63) is 30.7 Å². The van der Waals surface area contributed by atoms with E-state index in [9.17, 15) is 0 Å². The molecule has 0 saturated heterocycles. The second kappa shape index (κ2) is 7.17. The van der Waals surface area contributed by atoms with Crippen LogP contribution in [0.3, 0.4) is 0 Å². The van der Waals surface area contributed by atoms with Crippen molar-refractivity contribution in [1.29, 1.82) is 0 Å². The van der Waals surface area contributed by atoms with E-state index in [1.165, 1.54) is 5.56 Å². The number of likely N-dealkylation sites (N-methyl/N-ethyl adjacent to an activating group) is 1. The van der Waals surface area contributed by atoms with Crippen molar-refractivity contribution in [3.63, 3.8) is 0 Å². The van der Waals surface area contributed by atoms with Crippen molar-refractivity contribution >= 4 is 0 Å². The number of ether oxygens (including phenoxy) is 2. The summed E-state index contributed by atoms with van der Waals surface area (Å²) >= 11 is 0. The Bertz CT molecular complexity index is 339. The van der Waals surface area contributed by atoms with Crippen LogP contribution in [0.5, 0.6) is 11.5 Å². The van der Waals surface area contributed by atoms with Gasteiger partial charge in [0.2, 0.25) is 0 Å². The van der Waals surface area contributed by atoms with Crippen molar-refractivity contribution in [1.82, 2.24) is 4.90 Å². The van der Waals surface area contributed by atoms with Crippen molar-refractivity contribution in [2.45, 2.75) is 12.8 Å². The Morgan fingerprint density at radius 2 is 1.82 bits per heavy atom. The van der Waals surface area contributed by atoms with Gasteiger partial charge < -0.3 is 14.4 Å². The smallest absolute Gasteiger partial charge is 0.160 e. The molecular formula is C14H22NO2. The molecule has 0 aliphatic carbocycles. The van der Waals surface area contributed by atoms with Crippen LogP contribution in [0.4, 0.5) is 0 Å². The fourth-order valence-electron chi connectivity index (χ4n) is 1.74. The summed E-state index contributed by atoms with van der Waals surface area (Å²) in [7, 11) is 5.43. The van der Waals surface area contributed by atoms with E-state index in [2.05, 4.69) is 24.9 Å². The van der Waals surface area contributed by atoms with Gasteiger partial charge in [-0.05, 0) is 44.1 Å². The summed E-state index contributed by atoms with van der Waals surface area (Å²) in [6.07, 6.45) is 1.96. The van der Waals surface area contributed by atoms with Crippen molar-refractivity contribution in [2.75, 3.05) is 34.4 Å². The zero-order valence-electron chi connectivity index (χ0n) is 11.0. The molecule has 1 aromatic carbocycles. The summed E-state index contributed by atoms with van der Waals surface area (Å²) in [6.45, 7) is 5.92. The van der Waals surface area contributed by atoms with Crippen LogP contribution in [0.25, 0.3) is 0 Å². The predicted octanol–water partition coefficient (Wildman–Crippen LogP) is 2.40. The highest BCUT2D eigenvalue weighted by Crippen LogP contribution is 2.27. The van der Waals surface area contributed by atoms with Gasteiger partial charge >= 0.3 is 0 Å². The highest BCUT2D eigenvalue weighted by Gasteiger charge is 2.05. The average molecular weight is 236 g/mol. The number of methoxy groups -OCH3 is 2. The molecule has 0 aliphatic heterocycles. The largest absolute Gasteiger partial charge is 0.493 e. The van der Waals surface area contributed by atoms with Gasteiger partial charge in [-0.15, -0.1) is 0 Å². The van der Waals surface area contributed by atoms with E-state index in [1.807, 2.05) is 12.1 Å². The molecule has 0 amide bonds. The molecule has 0 heterocycles. The third-order valence-electron chi connectivity index (χ3n) is 2.77. The summed E-state index contributed by atoms with van der Waals surface area (Å²) in [5.41, 5.74) is 1.26. The Hall–Kier alpha value is -1.22. The Morgan fingerprint density at radius 1 is 1.12 bits per heavy atom. The fourth-order valence-corrected chi connectivity index (χ4v) is 1.74. The van der Waals surface area contributed by atoms with Crippen molar-refractivity contribution < 1.29 is 9.47 Å². The number of nitrogens with zero attached hydrogens (tertiary/aromatic N) is 1. The number of benzene rings is 1. The molecule has 0 fully saturated rings. The quantitative estimate of drug-likeness (QED) is 0.725. The van der Waals surface area contributed by atoms with Crippen LogP contribution in [-0.4, -0.2) is 39.3 Å². The average Bonchev–Trinajstić information content (AvgIpc) is 2.36. The number of hydrogen-bond donors (Lipinski definition) is 0. The van der Waals surface area contributed by atoms with E-state index in [4.69, 9.17) is 9.47 Å². The Morgan fingerprint density at radius 3 is 2.41 bits per heavy atom. The van der Waals surface area contributed by atoms with E-state index in [1.54, 1.807) is 14.2 Å². The van der Waals surface area contributed by atoms with Gasteiger partial charge in [0.1, 0.15) is 0 Å². The molecule has 17 heavy (non-hydrogen) atoms. The van der Waals surface area contributed by atoms with Gasteiger partial charge in [-0.3, -0.25) is 0 Å². The van der Waals surface area contributed by atoms with Crippen LogP contribution >= 0.6 is 0 Å². The van der Waals surface area contributed by atoms with Gasteiger partial charge in [0, 0.05) is 6.54 Å². The Kier molecular flexibility index (Phi) is 5.84. The highest BCUT2D eigenvalue weighted by atomic mass is 16.5. The zero-order valence-corrected chi connectivity index (χ0v) is 11.0. The maximum absolute atomic E-state index is 5.28. The number of hydrogen-bond acceptors (Lipinski definition) is 3. The molecule has 1 rings (SSSR count). The topological polar surface area (TPSA) is 21.7 Å². The van der Waals surface area contributed by atoms with Gasteiger partial charge in [0.25, 0.3) is 0 Å². The van der Waals surface area contributed by atoms with E-state index in [0.717, 1.165) is 37.4 Å². The van der Waals surface area contributed by atoms with Gasteiger partial charge in [-0.25, -0.2) is 0 Å². The lowest BCUT2D eigenvalue weighted by atomic mass is 10.1. The second-order valence-corrected chi connectivity index (χ2v) is 4.10. The summed E-state index contributed by atoms with van der Waals surface area (Å²) in [5, 5.41) is 0. The first-order chi connectivity index (χ1) is 8.21. The summed E-state index contributed by atoms with van der Waals surface area (Å²) in [4.78, 5) is 2.28. The molecule has 95 valence electrons. The SMILES string of the molecule is [CH2]CCN(C)CCc1ccc(OC)c(OC)c1. The lowest BCUT2D eigenvalue weighted by Crippen LogP contribution is -2.21. The standard InChI is InChI=1S/C14H22NO2/c1-5-9-15(2)10-8-12-6-7-13(16-3)14(11-12)17-4/h6-7,11H,1,5,8-10H2,2-4H3. The third kappa shape index (κ3) is 4.27. The Balaban J connectivity index is 2.60. The summed E-state index contributed by atoms with van der Waals surface area (Å²) < 4.78 is 10.5. The molecule has 0 bridgehead atoms. The molecule has 3 heteroatoms. The van der Waals surface area contributed by atoms with Crippen molar-refractivity contribution in [2.24, 2.45) is 0 Å². The van der Waals surface area contributed by atoms with Crippen LogP contribution in [-0.2, 0) is 6.42 Å². The molecule has 1 radical (unpaired) electrons. The maximum Gasteiger partial charge on any atom is 0.160 e. The minimum atomic E-state index is 0.780. The van der Waals surface area contributed by atoms with E-state index in [0.29, 0.717) is 0 Å². The molecule has 0 N–H and O–H groups in total. The Labute approximate surface area is 104 Å². The van der Waals surface area contributed by atoms with E-state index in [-0.39, 0.29) is 0 Å². The molecule has 0 unspecified atom stereocenters. The lowest BCUT2D eigenvalue weighted by Gasteiger charge is -2.16. The monoisotopic (exact) mass is 236 g/mol. The molecular weight excluding hydrogens is 214 g/mol. The molecule has 0 spiro atoms. The van der Waals surface area contributed by atoms with Crippen LogP contribution < -0.4 is 9.47 Å². The van der Waals surface area contributed by atoms with Gasteiger partial charge in [-0.1, -0.05) is 13.0 Å². The van der Waals surface area contributed by atoms with Crippen LogP contribution in [0.15, 0.2) is 18.2 Å². The van der Waals surface area contributed by atoms with Crippen LogP contribution in [0, 0.1) is 6.92 Å². The van der Waals surface area contributed by atoms with Gasteiger partial charge in [-0.2, -0.15) is 0 Å². The van der Waals surface area contributed by atoms with E-state index < -0.39 is 0 Å². The first-order valence-electron chi connectivity index (χ1n) is 5.90. The van der Waals surface area contributed by atoms with Gasteiger partial charge in [0.05, 0.1) is 14.2 Å². The molecule has 1 aromatic rings. The normalized spacial score (nSPS) is 10.6. The van der Waals surface area contributed by atoms with Gasteiger partial charge in [0.15, 0.2) is 11.5 Å². The maximum atomic E-state index is 5.28. The second-order valence-electron chi connectivity index (χ2n) is 4.10. The predicted molar refractivity (Wildman–Crippen MR) is 70.7 cm³/mol. The minimum absolute atomic E-state index is 0.780. The van der Waals surface area contributed by atoms with E-state index >= 15 is 0 Å². The molecule has 0 aromatic heterocycles.